The molecule has 0 saturated carbocycles. The predicted molar refractivity (Wildman–Crippen MR) is 7.13 cm³/mol. The first-order valence-corrected chi connectivity index (χ1v) is 4.47. The molecule has 0 spiro atoms. The van der Waals surface area contributed by atoms with E-state index < -0.39 is 19.0 Å². The van der Waals surface area contributed by atoms with Gasteiger partial charge in [0.25, 0.3) is 0 Å². The Morgan fingerprint density at radius 3 is 1.00 bits per heavy atom. The van der Waals surface area contributed by atoms with E-state index in [9.17, 15) is 0 Å². The Balaban J connectivity index is -0.0000000800. The normalized spacial score (nSPS) is 8.29. The molecule has 4 nitrogen and oxygen atoms in total. The van der Waals surface area contributed by atoms with Crippen molar-refractivity contribution in [2.75, 3.05) is 0 Å². The zero-order chi connectivity index (χ0) is 4.50. The number of hydrogen-bond donors (Lipinski definition) is 0. The van der Waals surface area contributed by atoms with E-state index in [2.05, 4.69) is 0 Å². The van der Waals surface area contributed by atoms with Gasteiger partial charge in [-0.05, 0) is 0 Å². The topological polar surface area (TPSA) is 80.3 Å². The molecular weight excluding hydrogens is 238 g/mol. The molecule has 0 aromatic carbocycles. The minimum Gasteiger partial charge on any atom is 1.00 e. The summed E-state index contributed by atoms with van der Waals surface area (Å²) in [6.45, 7) is 0. The van der Waals surface area contributed by atoms with Crippen LogP contribution in [-0.4, -0.2) is 19.0 Å². The van der Waals surface area contributed by atoms with E-state index in [4.69, 9.17) is 13.2 Å². The molecule has 0 aliphatic carbocycles. The van der Waals surface area contributed by atoms with Crippen LogP contribution in [0.2, 0.25) is 0 Å². The van der Waals surface area contributed by atoms with Gasteiger partial charge in [0, 0.05) is 0 Å². The molecule has 0 heterocycles. The van der Waals surface area contributed by atoms with Crippen molar-refractivity contribution in [2.24, 2.45) is 0 Å². The first-order chi connectivity index (χ1) is 2.00. The zero-order valence-electron chi connectivity index (χ0n) is 4.04. The Morgan fingerprint density at radius 1 is 1.00 bits per heavy atom. The van der Waals surface area contributed by atoms with Crippen molar-refractivity contribution in [3.05, 3.63) is 0 Å². The Kier molecular flexibility index (Phi) is 14.8. The van der Waals surface area contributed by atoms with Crippen LogP contribution in [0.25, 0.3) is 0 Å². The fraction of sp³-hybridized carbons (Fsp3) is 0. The van der Waals surface area contributed by atoms with Crippen LogP contribution < -0.4 is 66.1 Å². The fourth-order valence-corrected chi connectivity index (χ4v) is 0. The molecule has 0 N–H and O–H groups in total. The predicted octanol–water partition coefficient (Wildman–Crippen LogP) is -8.99. The molecule has 0 aliphatic rings. The molecule has 7 heteroatoms. The van der Waals surface area contributed by atoms with Crippen molar-refractivity contribution in [1.82, 2.24) is 0 Å². The van der Waals surface area contributed by atoms with Gasteiger partial charge in [0.1, 0.15) is 0 Å². The monoisotopic (exact) mass is 240 g/mol. The largest absolute Gasteiger partial charge is 1.00 e. The number of hydrogen-bond acceptors (Lipinski definition) is 4. The Labute approximate surface area is 89.5 Å². The molecule has 0 saturated heterocycles. The standard InChI is InChI=1S/2Na.H2O4Te/c;;1-5(2,3)4/h;;(H2,1,2,3,4)/q2*+1;/p-2. The van der Waals surface area contributed by atoms with E-state index >= 15 is 0 Å². The van der Waals surface area contributed by atoms with Gasteiger partial charge in [-0.3, -0.25) is 0 Å². The van der Waals surface area contributed by atoms with Gasteiger partial charge >= 0.3 is 91.2 Å². The molecule has 0 fully saturated rings. The molecule has 0 aromatic rings. The van der Waals surface area contributed by atoms with Gasteiger partial charge in [-0.2, -0.15) is 0 Å². The smallest absolute Gasteiger partial charge is 1.00 e. The zero-order valence-corrected chi connectivity index (χ0v) is 10.4. The van der Waals surface area contributed by atoms with Crippen molar-refractivity contribution < 1.29 is 72.3 Å². The van der Waals surface area contributed by atoms with Crippen LogP contribution in [0.4, 0.5) is 0 Å². The Bertz CT molecular complexity index is 92.9. The van der Waals surface area contributed by atoms with Crippen LogP contribution in [0.1, 0.15) is 0 Å². The molecule has 0 bridgehead atoms. The van der Waals surface area contributed by atoms with Gasteiger partial charge in [0.2, 0.25) is 0 Å². The average molecular weight is 238 g/mol. The van der Waals surface area contributed by atoms with Crippen LogP contribution in [0.15, 0.2) is 0 Å². The summed E-state index contributed by atoms with van der Waals surface area (Å²) in [5.41, 5.74) is 0. The van der Waals surface area contributed by atoms with E-state index in [1.807, 2.05) is 0 Å². The summed E-state index contributed by atoms with van der Waals surface area (Å²) in [4.78, 5) is 0. The Morgan fingerprint density at radius 2 is 1.00 bits per heavy atom. The fourth-order valence-electron chi connectivity index (χ4n) is 0. The summed E-state index contributed by atoms with van der Waals surface area (Å²) < 4.78 is 34.5. The van der Waals surface area contributed by atoms with Crippen LogP contribution in [0.3, 0.4) is 0 Å². The van der Waals surface area contributed by atoms with Gasteiger partial charge in [0.15, 0.2) is 0 Å². The van der Waals surface area contributed by atoms with Crippen molar-refractivity contribution in [3.8, 4) is 0 Å². The second-order valence-electron chi connectivity index (χ2n) is 0.408. The minimum absolute atomic E-state index is 0. The van der Waals surface area contributed by atoms with E-state index in [1.165, 1.54) is 0 Å². The summed E-state index contributed by atoms with van der Waals surface area (Å²) in [6.07, 6.45) is 0. The summed E-state index contributed by atoms with van der Waals surface area (Å²) in [7, 11) is 0. The molecule has 0 radical (unpaired) electrons. The summed E-state index contributed by atoms with van der Waals surface area (Å²) >= 11 is -6.02. The first kappa shape index (κ1) is 16.1. The van der Waals surface area contributed by atoms with Crippen molar-refractivity contribution >= 4 is 19.0 Å². The summed E-state index contributed by atoms with van der Waals surface area (Å²) in [5.74, 6) is 0. The quantitative estimate of drug-likeness (QED) is 0.392. The third-order valence-electron chi connectivity index (χ3n) is 0. The number of rotatable bonds is 0. The SMILES string of the molecule is O=[Te](=O)([O-])[O-].[Na+].[Na+]. The molecule has 0 atom stereocenters. The van der Waals surface area contributed by atoms with Gasteiger partial charge in [-0.25, -0.2) is 0 Å². The maximum absolute atomic E-state index is 8.63. The molecule has 32 valence electrons. The second-order valence-corrected chi connectivity index (χ2v) is 2.74. The molecule has 7 heavy (non-hydrogen) atoms. The van der Waals surface area contributed by atoms with Gasteiger partial charge < -0.3 is 0 Å². The van der Waals surface area contributed by atoms with E-state index in [-0.39, 0.29) is 59.1 Å². The maximum atomic E-state index is 8.63. The molecule has 0 unspecified atom stereocenters. The molecule has 0 amide bonds. The van der Waals surface area contributed by atoms with Gasteiger partial charge in [-0.15, -0.1) is 0 Å². The van der Waals surface area contributed by atoms with Crippen LogP contribution in [0.5, 0.6) is 0 Å². The Hall–Kier alpha value is 2.31. The van der Waals surface area contributed by atoms with Crippen molar-refractivity contribution in [3.63, 3.8) is 0 Å². The second kappa shape index (κ2) is 6.43. The van der Waals surface area contributed by atoms with Crippen molar-refractivity contribution in [1.29, 1.82) is 0 Å². The van der Waals surface area contributed by atoms with Crippen LogP contribution in [-0.2, 0) is 6.21 Å². The third-order valence-corrected chi connectivity index (χ3v) is 0. The van der Waals surface area contributed by atoms with Gasteiger partial charge in [-0.1, -0.05) is 0 Å². The molecule has 0 aromatic heterocycles. The van der Waals surface area contributed by atoms with Crippen LogP contribution >= 0.6 is 0 Å². The van der Waals surface area contributed by atoms with E-state index in [0.717, 1.165) is 0 Å². The van der Waals surface area contributed by atoms with E-state index in [0.29, 0.717) is 0 Å². The summed E-state index contributed by atoms with van der Waals surface area (Å²) in [5, 5.41) is 0. The van der Waals surface area contributed by atoms with Gasteiger partial charge in [0.05, 0.1) is 0 Å². The van der Waals surface area contributed by atoms with Crippen molar-refractivity contribution in [2.45, 2.75) is 0 Å². The van der Waals surface area contributed by atoms with Crippen LogP contribution in [0, 0.1) is 0 Å². The third kappa shape index (κ3) is 62.0. The van der Waals surface area contributed by atoms with E-state index in [1.54, 1.807) is 0 Å². The summed E-state index contributed by atoms with van der Waals surface area (Å²) in [6, 6.07) is 0. The molecule has 0 rings (SSSR count). The molecular formula is Na2O4Te. The average Bonchev–Trinajstić information content (AvgIpc) is 0.722. The first-order valence-electron chi connectivity index (χ1n) is 0.667. The molecule has 0 aliphatic heterocycles. The maximum Gasteiger partial charge on any atom is 1.00 e. The minimum atomic E-state index is -6.02.